The van der Waals surface area contributed by atoms with Gasteiger partial charge in [0.25, 0.3) is 0 Å². The third-order valence-electron chi connectivity index (χ3n) is 3.34. The van der Waals surface area contributed by atoms with Crippen molar-refractivity contribution in [2.75, 3.05) is 27.2 Å². The molecule has 2 N–H and O–H groups in total. The summed E-state index contributed by atoms with van der Waals surface area (Å²) in [5.41, 5.74) is 8.48. The molecular weight excluding hydrogens is 236 g/mol. The van der Waals surface area contributed by atoms with E-state index in [1.165, 1.54) is 11.1 Å². The van der Waals surface area contributed by atoms with Crippen molar-refractivity contribution in [2.24, 2.45) is 5.73 Å². The van der Waals surface area contributed by atoms with E-state index in [2.05, 4.69) is 44.9 Å². The standard InChI is InChI=1S/C16H28N2O/c1-13-6-7-15(19-5)14(12-13)8-10-18(4)11-9-16(2,3)17/h6-7,12H,8-11,17H2,1-5H3. The van der Waals surface area contributed by atoms with Crippen molar-refractivity contribution in [3.8, 4) is 5.75 Å². The monoisotopic (exact) mass is 264 g/mol. The number of aryl methyl sites for hydroxylation is 1. The van der Waals surface area contributed by atoms with Gasteiger partial charge in [0.1, 0.15) is 5.75 Å². The van der Waals surface area contributed by atoms with Gasteiger partial charge in [-0.3, -0.25) is 0 Å². The van der Waals surface area contributed by atoms with Crippen molar-refractivity contribution in [1.82, 2.24) is 4.90 Å². The third kappa shape index (κ3) is 6.08. The van der Waals surface area contributed by atoms with E-state index in [-0.39, 0.29) is 5.54 Å². The number of ether oxygens (including phenoxy) is 1. The van der Waals surface area contributed by atoms with Crippen molar-refractivity contribution in [2.45, 2.75) is 39.2 Å². The zero-order chi connectivity index (χ0) is 14.5. The highest BCUT2D eigenvalue weighted by molar-refractivity contribution is 5.37. The maximum absolute atomic E-state index is 6.01. The van der Waals surface area contributed by atoms with Crippen molar-refractivity contribution in [1.29, 1.82) is 0 Å². The van der Waals surface area contributed by atoms with Crippen LogP contribution in [0.4, 0.5) is 0 Å². The Labute approximate surface area is 117 Å². The van der Waals surface area contributed by atoms with E-state index in [0.717, 1.165) is 31.7 Å². The lowest BCUT2D eigenvalue weighted by atomic mass is 10.0. The summed E-state index contributed by atoms with van der Waals surface area (Å²) in [6.45, 7) is 8.31. The van der Waals surface area contributed by atoms with Gasteiger partial charge in [0, 0.05) is 12.1 Å². The second-order valence-corrected chi connectivity index (χ2v) is 6.11. The summed E-state index contributed by atoms with van der Waals surface area (Å²) in [5, 5.41) is 0. The molecule has 0 bridgehead atoms. The molecule has 3 heteroatoms. The Hall–Kier alpha value is -1.06. The van der Waals surface area contributed by atoms with Crippen molar-refractivity contribution in [3.63, 3.8) is 0 Å². The summed E-state index contributed by atoms with van der Waals surface area (Å²) in [7, 11) is 3.88. The molecule has 1 rings (SSSR count). The molecule has 0 spiro atoms. The minimum absolute atomic E-state index is 0.0880. The molecule has 0 unspecified atom stereocenters. The molecule has 19 heavy (non-hydrogen) atoms. The Balaban J connectivity index is 2.50. The summed E-state index contributed by atoms with van der Waals surface area (Å²) in [5.74, 6) is 0.984. The Kier molecular flexibility index (Phi) is 5.83. The van der Waals surface area contributed by atoms with Gasteiger partial charge in [-0.15, -0.1) is 0 Å². The van der Waals surface area contributed by atoms with Crippen LogP contribution in [0.5, 0.6) is 5.75 Å². The molecule has 0 saturated heterocycles. The predicted octanol–water partition coefficient (Wildman–Crippen LogP) is 2.61. The van der Waals surface area contributed by atoms with Gasteiger partial charge in [-0.25, -0.2) is 0 Å². The number of rotatable bonds is 7. The molecular formula is C16H28N2O. The number of benzene rings is 1. The molecule has 108 valence electrons. The highest BCUT2D eigenvalue weighted by Crippen LogP contribution is 2.20. The van der Waals surface area contributed by atoms with E-state index < -0.39 is 0 Å². The Morgan fingerprint density at radius 1 is 1.26 bits per heavy atom. The SMILES string of the molecule is COc1ccc(C)cc1CCN(C)CCC(C)(C)N. The fraction of sp³-hybridized carbons (Fsp3) is 0.625. The van der Waals surface area contributed by atoms with Crippen LogP contribution in [0.2, 0.25) is 0 Å². The minimum atomic E-state index is -0.0880. The van der Waals surface area contributed by atoms with Crippen LogP contribution < -0.4 is 10.5 Å². The fourth-order valence-corrected chi connectivity index (χ4v) is 2.00. The lowest BCUT2D eigenvalue weighted by Crippen LogP contribution is -2.36. The average molecular weight is 264 g/mol. The van der Waals surface area contributed by atoms with Gasteiger partial charge in [0.2, 0.25) is 0 Å². The van der Waals surface area contributed by atoms with Crippen LogP contribution in [0.3, 0.4) is 0 Å². The first-order chi connectivity index (χ1) is 8.81. The summed E-state index contributed by atoms with van der Waals surface area (Å²) in [6, 6.07) is 6.34. The van der Waals surface area contributed by atoms with Gasteiger partial charge >= 0.3 is 0 Å². The van der Waals surface area contributed by atoms with Crippen LogP contribution in [0, 0.1) is 6.92 Å². The van der Waals surface area contributed by atoms with Crippen molar-refractivity contribution in [3.05, 3.63) is 29.3 Å². The van der Waals surface area contributed by atoms with Gasteiger partial charge in [-0.2, -0.15) is 0 Å². The number of methoxy groups -OCH3 is 1. The molecule has 1 aromatic rings. The van der Waals surface area contributed by atoms with E-state index in [0.29, 0.717) is 0 Å². The van der Waals surface area contributed by atoms with Crippen molar-refractivity contribution >= 4 is 0 Å². The molecule has 0 aromatic heterocycles. The minimum Gasteiger partial charge on any atom is -0.496 e. The summed E-state index contributed by atoms with van der Waals surface area (Å²) in [6.07, 6.45) is 2.01. The van der Waals surface area contributed by atoms with Crippen LogP contribution in [0.15, 0.2) is 18.2 Å². The molecule has 0 saturated carbocycles. The zero-order valence-electron chi connectivity index (χ0n) is 13.0. The Bertz CT molecular complexity index is 396. The lowest BCUT2D eigenvalue weighted by molar-refractivity contribution is 0.297. The molecule has 0 atom stereocenters. The van der Waals surface area contributed by atoms with E-state index in [1.54, 1.807) is 7.11 Å². The van der Waals surface area contributed by atoms with E-state index in [9.17, 15) is 0 Å². The van der Waals surface area contributed by atoms with Crippen LogP contribution in [-0.4, -0.2) is 37.7 Å². The molecule has 0 aliphatic rings. The van der Waals surface area contributed by atoms with E-state index in [1.807, 2.05) is 6.07 Å². The fourth-order valence-electron chi connectivity index (χ4n) is 2.00. The number of nitrogens with zero attached hydrogens (tertiary/aromatic N) is 1. The largest absolute Gasteiger partial charge is 0.496 e. The first-order valence-corrected chi connectivity index (χ1v) is 6.93. The summed E-state index contributed by atoms with van der Waals surface area (Å²) in [4.78, 5) is 2.33. The van der Waals surface area contributed by atoms with Crippen LogP contribution in [0.25, 0.3) is 0 Å². The number of likely N-dealkylation sites (N-methyl/N-ethyl adjacent to an activating group) is 1. The summed E-state index contributed by atoms with van der Waals surface area (Å²) >= 11 is 0. The lowest BCUT2D eigenvalue weighted by Gasteiger charge is -2.23. The third-order valence-corrected chi connectivity index (χ3v) is 3.34. The van der Waals surface area contributed by atoms with Crippen LogP contribution in [-0.2, 0) is 6.42 Å². The van der Waals surface area contributed by atoms with Crippen LogP contribution >= 0.6 is 0 Å². The maximum atomic E-state index is 6.01. The molecule has 0 radical (unpaired) electrons. The number of hydrogen-bond acceptors (Lipinski definition) is 3. The van der Waals surface area contributed by atoms with Gasteiger partial charge in [0.05, 0.1) is 7.11 Å². The number of nitrogens with two attached hydrogens (primary N) is 1. The van der Waals surface area contributed by atoms with Gasteiger partial charge in [-0.1, -0.05) is 17.7 Å². The second-order valence-electron chi connectivity index (χ2n) is 6.11. The Morgan fingerprint density at radius 2 is 1.95 bits per heavy atom. The van der Waals surface area contributed by atoms with Crippen LogP contribution in [0.1, 0.15) is 31.4 Å². The highest BCUT2D eigenvalue weighted by Gasteiger charge is 2.12. The average Bonchev–Trinajstić information content (AvgIpc) is 2.33. The second kappa shape index (κ2) is 6.92. The normalized spacial score (nSPS) is 11.9. The molecule has 1 aromatic carbocycles. The number of hydrogen-bond donors (Lipinski definition) is 1. The van der Waals surface area contributed by atoms with E-state index in [4.69, 9.17) is 10.5 Å². The molecule has 0 fully saturated rings. The summed E-state index contributed by atoms with van der Waals surface area (Å²) < 4.78 is 5.41. The molecule has 0 aliphatic carbocycles. The Morgan fingerprint density at radius 3 is 2.53 bits per heavy atom. The molecule has 0 amide bonds. The van der Waals surface area contributed by atoms with Gasteiger partial charge in [0.15, 0.2) is 0 Å². The molecule has 0 heterocycles. The van der Waals surface area contributed by atoms with Gasteiger partial charge in [-0.05, 0) is 58.8 Å². The predicted molar refractivity (Wildman–Crippen MR) is 81.8 cm³/mol. The van der Waals surface area contributed by atoms with Crippen molar-refractivity contribution < 1.29 is 4.74 Å². The highest BCUT2D eigenvalue weighted by atomic mass is 16.5. The van der Waals surface area contributed by atoms with Gasteiger partial charge < -0.3 is 15.4 Å². The molecule has 0 aliphatic heterocycles. The first kappa shape index (κ1) is 16.0. The zero-order valence-corrected chi connectivity index (χ0v) is 13.0. The van der Waals surface area contributed by atoms with E-state index >= 15 is 0 Å². The topological polar surface area (TPSA) is 38.5 Å². The quantitative estimate of drug-likeness (QED) is 0.822. The smallest absolute Gasteiger partial charge is 0.122 e. The first-order valence-electron chi connectivity index (χ1n) is 6.93. The maximum Gasteiger partial charge on any atom is 0.122 e. The molecule has 3 nitrogen and oxygen atoms in total.